The Balaban J connectivity index is 1.30. The number of ether oxygens (including phenoxy) is 1. The highest BCUT2D eigenvalue weighted by molar-refractivity contribution is 5.82. The lowest BCUT2D eigenvalue weighted by molar-refractivity contribution is -0.137. The number of carbonyl (C=O) groups is 1. The van der Waals surface area contributed by atoms with Crippen LogP contribution >= 0.6 is 0 Å². The average Bonchev–Trinajstić information content (AvgIpc) is 2.91. The molecule has 5 rings (SSSR count). The number of morpholine rings is 1. The molecule has 3 aliphatic rings. The highest BCUT2D eigenvalue weighted by Crippen LogP contribution is 2.40. The zero-order chi connectivity index (χ0) is 26.7. The second kappa shape index (κ2) is 11.6. The number of rotatable bonds is 7. The number of halogens is 4. The Hall–Kier alpha value is -2.69. The smallest absolute Gasteiger partial charge is 0.379 e. The normalized spacial score (nSPS) is 22.6. The van der Waals surface area contributed by atoms with Gasteiger partial charge in [-0.05, 0) is 60.8 Å². The minimum absolute atomic E-state index is 0.117. The van der Waals surface area contributed by atoms with E-state index in [-0.39, 0.29) is 24.2 Å². The average molecular weight is 535 g/mol. The van der Waals surface area contributed by atoms with E-state index in [0.717, 1.165) is 56.6 Å². The van der Waals surface area contributed by atoms with Crippen LogP contribution in [0.25, 0.3) is 0 Å². The quantitative estimate of drug-likeness (QED) is 0.435. The molecule has 2 atom stereocenters. The maximum atomic E-state index is 13.5. The van der Waals surface area contributed by atoms with Gasteiger partial charge < -0.3 is 15.0 Å². The molecule has 0 saturated carbocycles. The molecule has 0 aromatic heterocycles. The molecule has 2 aromatic rings. The van der Waals surface area contributed by atoms with Crippen molar-refractivity contribution in [1.29, 1.82) is 0 Å². The van der Waals surface area contributed by atoms with Gasteiger partial charge >= 0.3 is 6.18 Å². The van der Waals surface area contributed by atoms with E-state index < -0.39 is 17.7 Å². The summed E-state index contributed by atoms with van der Waals surface area (Å²) in [5.74, 6) is -0.870. The van der Waals surface area contributed by atoms with Gasteiger partial charge in [-0.2, -0.15) is 13.2 Å². The van der Waals surface area contributed by atoms with Gasteiger partial charge in [0.05, 0.1) is 30.7 Å². The molecular formula is C28H34F4N4O2. The van der Waals surface area contributed by atoms with E-state index in [4.69, 9.17) is 4.74 Å². The SMILES string of the molecule is O=C(NCCCN1CCOCC1)[C@@H]1Cc2cc(C(F)(F)F)ccc2N2CCN(Cc3ccc(F)cc3)C[C@@H]12. The Morgan fingerprint density at radius 1 is 1.00 bits per heavy atom. The molecule has 3 aliphatic heterocycles. The van der Waals surface area contributed by atoms with Crippen LogP contribution in [-0.2, 0) is 28.7 Å². The Kier molecular flexibility index (Phi) is 8.20. The van der Waals surface area contributed by atoms with Crippen LogP contribution in [0.2, 0.25) is 0 Å². The standard InChI is InChI=1S/C28H34F4N4O2/c29-23-5-2-20(3-6-23)18-35-10-11-36-25-7-4-22(28(30,31)32)16-21(25)17-24(26(36)19-35)27(37)33-8-1-9-34-12-14-38-15-13-34/h2-7,16,24,26H,1,8-15,17-19H2,(H,33,37)/t24-,26+/m1/s1. The van der Waals surface area contributed by atoms with Crippen molar-refractivity contribution in [2.24, 2.45) is 5.92 Å². The van der Waals surface area contributed by atoms with E-state index in [9.17, 15) is 22.4 Å². The molecule has 1 amide bonds. The first-order chi connectivity index (χ1) is 18.3. The topological polar surface area (TPSA) is 48.1 Å². The molecule has 10 heteroatoms. The number of carbonyl (C=O) groups excluding carboxylic acids is 1. The molecule has 0 spiro atoms. The van der Waals surface area contributed by atoms with Gasteiger partial charge in [-0.25, -0.2) is 4.39 Å². The number of piperazine rings is 1. The van der Waals surface area contributed by atoms with Crippen molar-refractivity contribution in [2.45, 2.75) is 31.6 Å². The third kappa shape index (κ3) is 6.30. The van der Waals surface area contributed by atoms with Gasteiger partial charge in [0.1, 0.15) is 5.82 Å². The molecule has 0 bridgehead atoms. The number of fused-ring (bicyclic) bond motifs is 3. The van der Waals surface area contributed by atoms with E-state index in [1.54, 1.807) is 18.2 Å². The molecule has 2 fully saturated rings. The second-order valence-corrected chi connectivity index (χ2v) is 10.4. The Labute approximate surface area is 220 Å². The minimum Gasteiger partial charge on any atom is -0.379 e. The van der Waals surface area contributed by atoms with Crippen LogP contribution in [0.3, 0.4) is 0 Å². The number of anilines is 1. The molecular weight excluding hydrogens is 500 g/mol. The fourth-order valence-electron chi connectivity index (χ4n) is 5.82. The summed E-state index contributed by atoms with van der Waals surface area (Å²) in [7, 11) is 0. The van der Waals surface area contributed by atoms with Crippen molar-refractivity contribution in [3.8, 4) is 0 Å². The molecule has 3 heterocycles. The molecule has 2 saturated heterocycles. The van der Waals surface area contributed by atoms with E-state index in [1.165, 1.54) is 18.2 Å². The van der Waals surface area contributed by atoms with Gasteiger partial charge in [0, 0.05) is 51.5 Å². The first-order valence-electron chi connectivity index (χ1n) is 13.3. The summed E-state index contributed by atoms with van der Waals surface area (Å²) in [5.41, 5.74) is 1.64. The van der Waals surface area contributed by atoms with E-state index >= 15 is 0 Å². The number of nitrogens with zero attached hydrogens (tertiary/aromatic N) is 3. The number of hydrogen-bond acceptors (Lipinski definition) is 5. The van der Waals surface area contributed by atoms with Crippen molar-refractivity contribution in [1.82, 2.24) is 15.1 Å². The van der Waals surface area contributed by atoms with Crippen molar-refractivity contribution >= 4 is 11.6 Å². The van der Waals surface area contributed by atoms with Crippen molar-refractivity contribution in [2.75, 3.05) is 63.9 Å². The van der Waals surface area contributed by atoms with Crippen LogP contribution in [0, 0.1) is 11.7 Å². The summed E-state index contributed by atoms with van der Waals surface area (Å²) in [6.45, 7) is 7.13. The van der Waals surface area contributed by atoms with Crippen molar-refractivity contribution in [3.63, 3.8) is 0 Å². The zero-order valence-electron chi connectivity index (χ0n) is 21.4. The second-order valence-electron chi connectivity index (χ2n) is 10.4. The van der Waals surface area contributed by atoms with Crippen LogP contribution in [-0.4, -0.2) is 80.8 Å². The Morgan fingerprint density at radius 2 is 1.76 bits per heavy atom. The first-order valence-corrected chi connectivity index (χ1v) is 13.3. The predicted octanol–water partition coefficient (Wildman–Crippen LogP) is 3.55. The molecule has 38 heavy (non-hydrogen) atoms. The lowest BCUT2D eigenvalue weighted by atomic mass is 9.82. The summed E-state index contributed by atoms with van der Waals surface area (Å²) in [6.07, 6.45) is -3.37. The summed E-state index contributed by atoms with van der Waals surface area (Å²) >= 11 is 0. The highest BCUT2D eigenvalue weighted by Gasteiger charge is 2.42. The summed E-state index contributed by atoms with van der Waals surface area (Å²) < 4.78 is 59.1. The van der Waals surface area contributed by atoms with Crippen LogP contribution < -0.4 is 10.2 Å². The molecule has 206 valence electrons. The van der Waals surface area contributed by atoms with Gasteiger partial charge in [-0.3, -0.25) is 14.6 Å². The first kappa shape index (κ1) is 26.9. The summed E-state index contributed by atoms with van der Waals surface area (Å²) in [6, 6.07) is 10.1. The van der Waals surface area contributed by atoms with E-state index in [1.807, 2.05) is 0 Å². The number of nitrogens with one attached hydrogen (secondary N) is 1. The lowest BCUT2D eigenvalue weighted by Crippen LogP contribution is -2.61. The van der Waals surface area contributed by atoms with Crippen LogP contribution in [0.15, 0.2) is 42.5 Å². The van der Waals surface area contributed by atoms with Gasteiger partial charge in [0.15, 0.2) is 0 Å². The van der Waals surface area contributed by atoms with Gasteiger partial charge in [-0.1, -0.05) is 12.1 Å². The fraction of sp³-hybridized carbons (Fsp3) is 0.536. The van der Waals surface area contributed by atoms with Gasteiger partial charge in [-0.15, -0.1) is 0 Å². The monoisotopic (exact) mass is 534 g/mol. The molecule has 1 N–H and O–H groups in total. The van der Waals surface area contributed by atoms with Crippen LogP contribution in [0.5, 0.6) is 0 Å². The number of amides is 1. The van der Waals surface area contributed by atoms with E-state index in [2.05, 4.69) is 20.0 Å². The maximum Gasteiger partial charge on any atom is 0.416 e. The zero-order valence-corrected chi connectivity index (χ0v) is 21.4. The number of benzene rings is 2. The molecule has 0 radical (unpaired) electrons. The van der Waals surface area contributed by atoms with E-state index in [0.29, 0.717) is 38.3 Å². The summed E-state index contributed by atoms with van der Waals surface area (Å²) in [5, 5.41) is 3.07. The Morgan fingerprint density at radius 3 is 2.50 bits per heavy atom. The minimum atomic E-state index is -4.43. The Bertz CT molecular complexity index is 1110. The molecule has 2 aromatic carbocycles. The predicted molar refractivity (Wildman–Crippen MR) is 136 cm³/mol. The largest absolute Gasteiger partial charge is 0.416 e. The number of hydrogen-bond donors (Lipinski definition) is 1. The van der Waals surface area contributed by atoms with Crippen LogP contribution in [0.1, 0.15) is 23.1 Å². The maximum absolute atomic E-state index is 13.5. The molecule has 6 nitrogen and oxygen atoms in total. The van der Waals surface area contributed by atoms with Gasteiger partial charge in [0.2, 0.25) is 5.91 Å². The highest BCUT2D eigenvalue weighted by atomic mass is 19.4. The van der Waals surface area contributed by atoms with Gasteiger partial charge in [0.25, 0.3) is 0 Å². The molecule has 0 aliphatic carbocycles. The van der Waals surface area contributed by atoms with Crippen LogP contribution in [0.4, 0.5) is 23.2 Å². The van der Waals surface area contributed by atoms with Crippen molar-refractivity contribution in [3.05, 3.63) is 65.0 Å². The number of alkyl halides is 3. The molecule has 0 unspecified atom stereocenters. The third-order valence-corrected chi connectivity index (χ3v) is 7.83. The third-order valence-electron chi connectivity index (χ3n) is 7.83. The summed E-state index contributed by atoms with van der Waals surface area (Å²) in [4.78, 5) is 20.1. The van der Waals surface area contributed by atoms with Crippen molar-refractivity contribution < 1.29 is 27.1 Å². The lowest BCUT2D eigenvalue weighted by Gasteiger charge is -2.49. The fourth-order valence-corrected chi connectivity index (χ4v) is 5.82.